The summed E-state index contributed by atoms with van der Waals surface area (Å²) >= 11 is 0. The van der Waals surface area contributed by atoms with Gasteiger partial charge in [-0.2, -0.15) is 0 Å². The van der Waals surface area contributed by atoms with E-state index in [1.807, 2.05) is 30.3 Å². The van der Waals surface area contributed by atoms with Crippen LogP contribution in [0.15, 0.2) is 54.6 Å². The van der Waals surface area contributed by atoms with Gasteiger partial charge in [-0.15, -0.1) is 0 Å². The molecular formula is C18H18N2O2. The van der Waals surface area contributed by atoms with E-state index >= 15 is 0 Å². The molecule has 112 valence electrons. The number of benzene rings is 2. The molecular weight excluding hydrogens is 276 g/mol. The first-order chi connectivity index (χ1) is 10.7. The Morgan fingerprint density at radius 2 is 1.64 bits per heavy atom. The molecule has 22 heavy (non-hydrogen) atoms. The number of amides is 2. The third-order valence-corrected chi connectivity index (χ3v) is 3.95. The molecule has 4 nitrogen and oxygen atoms in total. The third kappa shape index (κ3) is 2.72. The minimum atomic E-state index is -0.121. The van der Waals surface area contributed by atoms with Crippen LogP contribution in [-0.2, 0) is 0 Å². The molecule has 1 heterocycles. The monoisotopic (exact) mass is 294 g/mol. The summed E-state index contributed by atoms with van der Waals surface area (Å²) in [6.45, 7) is 1.61. The maximum Gasteiger partial charge on any atom is 0.258 e. The number of hydrogen-bond donors (Lipinski definition) is 0. The van der Waals surface area contributed by atoms with Gasteiger partial charge in [0.1, 0.15) is 0 Å². The highest BCUT2D eigenvalue weighted by molar-refractivity contribution is 6.07. The number of carbonyl (C=O) groups excluding carboxylic acids is 2. The van der Waals surface area contributed by atoms with Crippen LogP contribution in [0.5, 0.6) is 0 Å². The fraction of sp³-hybridized carbons (Fsp3) is 0.222. The molecule has 1 aliphatic heterocycles. The van der Waals surface area contributed by atoms with Gasteiger partial charge in [-0.25, -0.2) is 0 Å². The summed E-state index contributed by atoms with van der Waals surface area (Å²) in [4.78, 5) is 28.2. The Morgan fingerprint density at radius 1 is 0.955 bits per heavy atom. The Labute approximate surface area is 130 Å². The fourth-order valence-electron chi connectivity index (χ4n) is 2.45. The second kappa shape index (κ2) is 6.02. The second-order valence-electron chi connectivity index (χ2n) is 5.43. The van der Waals surface area contributed by atoms with E-state index in [0.717, 1.165) is 25.2 Å². The molecule has 0 atom stereocenters. The number of likely N-dealkylation sites (tertiary alicyclic amines) is 1. The molecule has 0 N–H and O–H groups in total. The summed E-state index contributed by atoms with van der Waals surface area (Å²) in [6.07, 6.45) is 1.06. The van der Waals surface area contributed by atoms with E-state index in [2.05, 4.69) is 0 Å². The molecule has 1 aliphatic rings. The molecule has 0 radical (unpaired) electrons. The van der Waals surface area contributed by atoms with E-state index in [9.17, 15) is 9.59 Å². The highest BCUT2D eigenvalue weighted by Crippen LogP contribution is 2.17. The largest absolute Gasteiger partial charge is 0.339 e. The zero-order chi connectivity index (χ0) is 15.5. The average molecular weight is 294 g/mol. The number of anilines is 1. The van der Waals surface area contributed by atoms with Crippen molar-refractivity contribution < 1.29 is 9.59 Å². The van der Waals surface area contributed by atoms with Crippen LogP contribution in [0, 0.1) is 0 Å². The quantitative estimate of drug-likeness (QED) is 0.873. The van der Waals surface area contributed by atoms with E-state index in [-0.39, 0.29) is 11.8 Å². The minimum Gasteiger partial charge on any atom is -0.339 e. The summed E-state index contributed by atoms with van der Waals surface area (Å²) in [6, 6.07) is 16.4. The van der Waals surface area contributed by atoms with Crippen molar-refractivity contribution in [2.45, 2.75) is 6.42 Å². The maximum absolute atomic E-state index is 12.6. The summed E-state index contributed by atoms with van der Waals surface area (Å²) in [5.41, 5.74) is 1.93. The van der Waals surface area contributed by atoms with Gasteiger partial charge < -0.3 is 9.80 Å². The highest BCUT2D eigenvalue weighted by atomic mass is 16.2. The van der Waals surface area contributed by atoms with Crippen LogP contribution >= 0.6 is 0 Å². The molecule has 0 aromatic heterocycles. The Morgan fingerprint density at radius 3 is 2.27 bits per heavy atom. The van der Waals surface area contributed by atoms with Gasteiger partial charge in [0.25, 0.3) is 11.8 Å². The predicted octanol–water partition coefficient (Wildman–Crippen LogP) is 2.81. The van der Waals surface area contributed by atoms with Gasteiger partial charge >= 0.3 is 0 Å². The van der Waals surface area contributed by atoms with E-state index < -0.39 is 0 Å². The van der Waals surface area contributed by atoms with Gasteiger partial charge in [-0.3, -0.25) is 9.59 Å². The third-order valence-electron chi connectivity index (χ3n) is 3.95. The van der Waals surface area contributed by atoms with Crippen LogP contribution in [0.3, 0.4) is 0 Å². The molecule has 3 rings (SSSR count). The van der Waals surface area contributed by atoms with E-state index in [0.29, 0.717) is 11.1 Å². The molecule has 0 spiro atoms. The SMILES string of the molecule is CN(C(=O)c1cccc(C(=O)N2CCC2)c1)c1ccccc1. The molecule has 0 saturated carbocycles. The van der Waals surface area contributed by atoms with Crippen molar-refractivity contribution in [1.82, 2.24) is 4.90 Å². The summed E-state index contributed by atoms with van der Waals surface area (Å²) in [5.74, 6) is -0.118. The standard InChI is InChI=1S/C18H18N2O2/c1-19(16-9-3-2-4-10-16)17(21)14-7-5-8-15(13-14)18(22)20-11-6-12-20/h2-5,7-10,13H,6,11-12H2,1H3. The summed E-state index contributed by atoms with van der Waals surface area (Å²) in [5, 5.41) is 0. The lowest BCUT2D eigenvalue weighted by atomic mass is 10.1. The van der Waals surface area contributed by atoms with Crippen molar-refractivity contribution in [3.05, 3.63) is 65.7 Å². The van der Waals surface area contributed by atoms with Crippen LogP contribution in [0.1, 0.15) is 27.1 Å². The van der Waals surface area contributed by atoms with Crippen LogP contribution in [0.25, 0.3) is 0 Å². The molecule has 2 aromatic carbocycles. The van der Waals surface area contributed by atoms with Gasteiger partial charge in [-0.1, -0.05) is 24.3 Å². The van der Waals surface area contributed by atoms with Gasteiger partial charge in [0.2, 0.25) is 0 Å². The summed E-state index contributed by atoms with van der Waals surface area (Å²) in [7, 11) is 1.74. The van der Waals surface area contributed by atoms with Crippen LogP contribution in [0.2, 0.25) is 0 Å². The molecule has 2 aromatic rings. The molecule has 0 bridgehead atoms. The number of hydrogen-bond acceptors (Lipinski definition) is 2. The lowest BCUT2D eigenvalue weighted by molar-refractivity contribution is 0.0652. The van der Waals surface area contributed by atoms with Crippen molar-refractivity contribution >= 4 is 17.5 Å². The molecule has 4 heteroatoms. The van der Waals surface area contributed by atoms with Crippen LogP contribution < -0.4 is 4.90 Å². The van der Waals surface area contributed by atoms with Crippen molar-refractivity contribution in [2.75, 3.05) is 25.0 Å². The molecule has 0 aliphatic carbocycles. The number of carbonyl (C=O) groups is 2. The predicted molar refractivity (Wildman–Crippen MR) is 86.1 cm³/mol. The zero-order valence-electron chi connectivity index (χ0n) is 12.5. The topological polar surface area (TPSA) is 40.6 Å². The molecule has 1 saturated heterocycles. The van der Waals surface area contributed by atoms with Gasteiger partial charge in [0.05, 0.1) is 0 Å². The van der Waals surface area contributed by atoms with Crippen LogP contribution in [0.4, 0.5) is 5.69 Å². The number of nitrogens with zero attached hydrogens (tertiary/aromatic N) is 2. The fourth-order valence-corrected chi connectivity index (χ4v) is 2.45. The zero-order valence-corrected chi connectivity index (χ0v) is 12.5. The average Bonchev–Trinajstić information content (AvgIpc) is 2.53. The Balaban J connectivity index is 1.82. The first-order valence-corrected chi connectivity index (χ1v) is 7.39. The van der Waals surface area contributed by atoms with Crippen molar-refractivity contribution in [3.8, 4) is 0 Å². The molecule has 2 amide bonds. The first kappa shape index (κ1) is 14.3. The Hall–Kier alpha value is -2.62. The van der Waals surface area contributed by atoms with Gasteiger partial charge in [0, 0.05) is 37.0 Å². The van der Waals surface area contributed by atoms with Crippen molar-refractivity contribution in [1.29, 1.82) is 0 Å². The lowest BCUT2D eigenvalue weighted by Crippen LogP contribution is -2.42. The van der Waals surface area contributed by atoms with Crippen molar-refractivity contribution in [3.63, 3.8) is 0 Å². The minimum absolute atomic E-state index is 0.00302. The number of para-hydroxylation sites is 1. The van der Waals surface area contributed by atoms with Crippen molar-refractivity contribution in [2.24, 2.45) is 0 Å². The van der Waals surface area contributed by atoms with Gasteiger partial charge in [-0.05, 0) is 36.8 Å². The molecule has 0 unspecified atom stereocenters. The smallest absolute Gasteiger partial charge is 0.258 e. The number of rotatable bonds is 3. The Kier molecular flexibility index (Phi) is 3.92. The Bertz CT molecular complexity index is 693. The lowest BCUT2D eigenvalue weighted by Gasteiger charge is -2.31. The van der Waals surface area contributed by atoms with Crippen LogP contribution in [-0.4, -0.2) is 36.9 Å². The normalized spacial score (nSPS) is 13.4. The second-order valence-corrected chi connectivity index (χ2v) is 5.43. The first-order valence-electron chi connectivity index (χ1n) is 7.39. The maximum atomic E-state index is 12.6. The highest BCUT2D eigenvalue weighted by Gasteiger charge is 2.22. The van der Waals surface area contributed by atoms with Gasteiger partial charge in [0.15, 0.2) is 0 Å². The van der Waals surface area contributed by atoms with E-state index in [1.165, 1.54) is 0 Å². The van der Waals surface area contributed by atoms with E-state index in [1.54, 1.807) is 41.1 Å². The summed E-state index contributed by atoms with van der Waals surface area (Å²) < 4.78 is 0. The van der Waals surface area contributed by atoms with E-state index in [4.69, 9.17) is 0 Å². The molecule has 1 fully saturated rings.